The van der Waals surface area contributed by atoms with E-state index < -0.39 is 0 Å². The molecular weight excluding hydrogens is 270 g/mol. The van der Waals surface area contributed by atoms with Gasteiger partial charge in [0.25, 0.3) is 0 Å². The molecule has 0 unspecified atom stereocenters. The lowest BCUT2D eigenvalue weighted by Crippen LogP contribution is -2.02. The van der Waals surface area contributed by atoms with Crippen molar-refractivity contribution in [2.75, 3.05) is 5.32 Å². The van der Waals surface area contributed by atoms with E-state index in [0.29, 0.717) is 5.15 Å². The molecule has 0 atom stereocenters. The molecule has 0 saturated heterocycles. The zero-order valence-electron chi connectivity index (χ0n) is 11.6. The maximum absolute atomic E-state index is 6.18. The summed E-state index contributed by atoms with van der Waals surface area (Å²) < 4.78 is 0. The van der Waals surface area contributed by atoms with E-state index in [4.69, 9.17) is 11.6 Å². The van der Waals surface area contributed by atoms with Gasteiger partial charge in [0.1, 0.15) is 17.3 Å². The van der Waals surface area contributed by atoms with Crippen molar-refractivity contribution in [1.82, 2.24) is 9.97 Å². The normalized spacial score (nSPS) is 13.3. The second-order valence-corrected chi connectivity index (χ2v) is 5.56. The van der Waals surface area contributed by atoms with Crippen LogP contribution in [0.15, 0.2) is 24.5 Å². The van der Waals surface area contributed by atoms with E-state index in [1.54, 1.807) is 0 Å². The predicted octanol–water partition coefficient (Wildman–Crippen LogP) is 4.31. The van der Waals surface area contributed by atoms with Gasteiger partial charge in [-0.25, -0.2) is 9.97 Å². The fourth-order valence-corrected chi connectivity index (χ4v) is 2.98. The minimum absolute atomic E-state index is 0.547. The van der Waals surface area contributed by atoms with Gasteiger partial charge in [0.05, 0.1) is 0 Å². The number of anilines is 2. The highest BCUT2D eigenvalue weighted by atomic mass is 35.5. The number of halogens is 1. The fraction of sp³-hybridized carbons (Fsp3) is 0.375. The van der Waals surface area contributed by atoms with Crippen LogP contribution in [0.2, 0.25) is 5.15 Å². The second-order valence-electron chi connectivity index (χ2n) is 5.20. The quantitative estimate of drug-likeness (QED) is 0.851. The van der Waals surface area contributed by atoms with E-state index >= 15 is 0 Å². The summed E-state index contributed by atoms with van der Waals surface area (Å²) in [5.41, 5.74) is 5.01. The van der Waals surface area contributed by atoms with Crippen LogP contribution in [0, 0.1) is 0 Å². The summed E-state index contributed by atoms with van der Waals surface area (Å²) >= 11 is 6.18. The summed E-state index contributed by atoms with van der Waals surface area (Å²) in [6.45, 7) is 2.13. The van der Waals surface area contributed by atoms with Gasteiger partial charge in [0, 0.05) is 11.3 Å². The van der Waals surface area contributed by atoms with Crippen LogP contribution in [-0.2, 0) is 19.3 Å². The highest BCUT2D eigenvalue weighted by Gasteiger charge is 2.13. The van der Waals surface area contributed by atoms with Crippen LogP contribution in [0.4, 0.5) is 11.5 Å². The molecule has 1 aliphatic rings. The largest absolute Gasteiger partial charge is 0.340 e. The summed E-state index contributed by atoms with van der Waals surface area (Å²) in [4.78, 5) is 8.41. The molecule has 1 aromatic carbocycles. The van der Waals surface area contributed by atoms with Crippen molar-refractivity contribution in [3.8, 4) is 0 Å². The molecule has 104 valence electrons. The van der Waals surface area contributed by atoms with Crippen molar-refractivity contribution >= 4 is 23.1 Å². The number of fused-ring (bicyclic) bond motifs is 1. The van der Waals surface area contributed by atoms with E-state index in [2.05, 4.69) is 40.4 Å². The van der Waals surface area contributed by atoms with Crippen LogP contribution in [0.1, 0.15) is 36.5 Å². The lowest BCUT2D eigenvalue weighted by Gasteiger charge is -2.12. The Bertz CT molecular complexity index is 625. The monoisotopic (exact) mass is 287 g/mol. The third-order valence-corrected chi connectivity index (χ3v) is 4.08. The summed E-state index contributed by atoms with van der Waals surface area (Å²) in [5.74, 6) is 0.824. The molecule has 0 fully saturated rings. The van der Waals surface area contributed by atoms with Gasteiger partial charge in [0.2, 0.25) is 0 Å². The lowest BCUT2D eigenvalue weighted by atomic mass is 10.1. The number of nitrogens with one attached hydrogen (secondary N) is 1. The Balaban J connectivity index is 1.89. The third kappa shape index (κ3) is 2.63. The maximum atomic E-state index is 6.18. The van der Waals surface area contributed by atoms with Crippen LogP contribution in [0.25, 0.3) is 0 Å². The van der Waals surface area contributed by atoms with Gasteiger partial charge >= 0.3 is 0 Å². The van der Waals surface area contributed by atoms with Crippen LogP contribution >= 0.6 is 11.6 Å². The first-order valence-electron chi connectivity index (χ1n) is 7.16. The maximum Gasteiger partial charge on any atom is 0.138 e. The second kappa shape index (κ2) is 5.80. The summed E-state index contributed by atoms with van der Waals surface area (Å²) in [6.07, 6.45) is 7.06. The number of hydrogen-bond acceptors (Lipinski definition) is 3. The van der Waals surface area contributed by atoms with Crippen molar-refractivity contribution < 1.29 is 0 Å². The van der Waals surface area contributed by atoms with E-state index in [-0.39, 0.29) is 0 Å². The number of aryl methyl sites for hydroxylation is 2. The molecule has 0 amide bonds. The van der Waals surface area contributed by atoms with Crippen molar-refractivity contribution in [1.29, 1.82) is 0 Å². The van der Waals surface area contributed by atoms with Crippen LogP contribution < -0.4 is 5.32 Å². The molecule has 0 radical (unpaired) electrons. The Morgan fingerprint density at radius 3 is 2.90 bits per heavy atom. The molecule has 3 rings (SSSR count). The highest BCUT2D eigenvalue weighted by molar-refractivity contribution is 6.30. The van der Waals surface area contributed by atoms with Gasteiger partial charge in [-0.1, -0.05) is 31.0 Å². The van der Waals surface area contributed by atoms with E-state index in [1.807, 2.05) is 0 Å². The zero-order valence-corrected chi connectivity index (χ0v) is 12.4. The van der Waals surface area contributed by atoms with Gasteiger partial charge in [-0.3, -0.25) is 0 Å². The fourth-order valence-electron chi connectivity index (χ4n) is 2.76. The summed E-state index contributed by atoms with van der Waals surface area (Å²) in [5, 5.41) is 3.94. The summed E-state index contributed by atoms with van der Waals surface area (Å²) in [7, 11) is 0. The molecule has 4 heteroatoms. The van der Waals surface area contributed by atoms with E-state index in [9.17, 15) is 0 Å². The van der Waals surface area contributed by atoms with Crippen LogP contribution in [0.5, 0.6) is 0 Å². The number of hydrogen-bond donors (Lipinski definition) is 1. The molecular formula is C16H18ClN3. The molecule has 0 bridgehead atoms. The van der Waals surface area contributed by atoms with Gasteiger partial charge < -0.3 is 5.32 Å². The third-order valence-electron chi connectivity index (χ3n) is 3.75. The molecule has 0 saturated carbocycles. The Morgan fingerprint density at radius 2 is 2.05 bits per heavy atom. The molecule has 0 spiro atoms. The van der Waals surface area contributed by atoms with Crippen molar-refractivity contribution in [2.24, 2.45) is 0 Å². The first kappa shape index (κ1) is 13.4. The van der Waals surface area contributed by atoms with Gasteiger partial charge in [-0.05, 0) is 48.9 Å². The van der Waals surface area contributed by atoms with Gasteiger partial charge in [-0.2, -0.15) is 0 Å². The SMILES string of the molecule is CCCc1c(Cl)ncnc1Nc1ccc2c(c1)CCC2. The molecule has 3 nitrogen and oxygen atoms in total. The van der Waals surface area contributed by atoms with Crippen LogP contribution in [0.3, 0.4) is 0 Å². The molecule has 1 aliphatic carbocycles. The van der Waals surface area contributed by atoms with E-state index in [0.717, 1.165) is 29.9 Å². The molecule has 0 aliphatic heterocycles. The standard InChI is InChI=1S/C16H18ClN3/c1-2-4-14-15(17)18-10-19-16(14)20-13-8-7-11-5-3-6-12(11)9-13/h7-10H,2-6H2,1H3,(H,18,19,20). The Labute approximate surface area is 124 Å². The number of aromatic nitrogens is 2. The molecule has 20 heavy (non-hydrogen) atoms. The van der Waals surface area contributed by atoms with Gasteiger partial charge in [-0.15, -0.1) is 0 Å². The average molecular weight is 288 g/mol. The van der Waals surface area contributed by atoms with Crippen molar-refractivity contribution in [3.05, 3.63) is 46.4 Å². The average Bonchev–Trinajstić information content (AvgIpc) is 2.90. The molecule has 1 N–H and O–H groups in total. The van der Waals surface area contributed by atoms with Crippen molar-refractivity contribution in [2.45, 2.75) is 39.0 Å². The smallest absolute Gasteiger partial charge is 0.138 e. The van der Waals surface area contributed by atoms with Crippen molar-refractivity contribution in [3.63, 3.8) is 0 Å². The topological polar surface area (TPSA) is 37.8 Å². The number of benzene rings is 1. The van der Waals surface area contributed by atoms with E-state index in [1.165, 1.54) is 36.7 Å². The minimum atomic E-state index is 0.547. The Morgan fingerprint density at radius 1 is 1.20 bits per heavy atom. The summed E-state index contributed by atoms with van der Waals surface area (Å²) in [6, 6.07) is 6.57. The first-order chi connectivity index (χ1) is 9.78. The number of nitrogens with zero attached hydrogens (tertiary/aromatic N) is 2. The highest BCUT2D eigenvalue weighted by Crippen LogP contribution is 2.28. The molecule has 2 aromatic rings. The number of rotatable bonds is 4. The predicted molar refractivity (Wildman–Crippen MR) is 82.8 cm³/mol. The van der Waals surface area contributed by atoms with Gasteiger partial charge in [0.15, 0.2) is 0 Å². The molecule has 1 aromatic heterocycles. The Kier molecular flexibility index (Phi) is 3.88. The lowest BCUT2D eigenvalue weighted by molar-refractivity contribution is 0.904. The minimum Gasteiger partial charge on any atom is -0.340 e. The molecule has 1 heterocycles. The first-order valence-corrected chi connectivity index (χ1v) is 7.54. The van der Waals surface area contributed by atoms with Crippen LogP contribution in [-0.4, -0.2) is 9.97 Å². The Hall–Kier alpha value is -1.61. The zero-order chi connectivity index (χ0) is 13.9.